The number of hydrogen-bond donors (Lipinski definition) is 1. The van der Waals surface area contributed by atoms with Crippen molar-refractivity contribution in [2.45, 2.75) is 19.1 Å². The molecule has 0 radical (unpaired) electrons. The van der Waals surface area contributed by atoms with Gasteiger partial charge in [-0.3, -0.25) is 9.69 Å². The van der Waals surface area contributed by atoms with Crippen molar-refractivity contribution in [2.75, 3.05) is 26.3 Å². The van der Waals surface area contributed by atoms with Crippen LogP contribution in [-0.4, -0.2) is 63.2 Å². The summed E-state index contributed by atoms with van der Waals surface area (Å²) in [4.78, 5) is 13.1. The smallest absolute Gasteiger partial charge is 0.480 e. The van der Waals surface area contributed by atoms with Crippen molar-refractivity contribution in [3.05, 3.63) is 12.3 Å². The fourth-order valence-corrected chi connectivity index (χ4v) is 4.20. The average molecular weight is 259 g/mol. The summed E-state index contributed by atoms with van der Waals surface area (Å²) >= 11 is 0. The van der Waals surface area contributed by atoms with Gasteiger partial charge in [-0.1, -0.05) is 6.58 Å². The van der Waals surface area contributed by atoms with E-state index in [1.54, 1.807) is 12.6 Å². The lowest BCUT2D eigenvalue weighted by Gasteiger charge is -2.42. The predicted octanol–water partition coefficient (Wildman–Crippen LogP) is -0.129. The molecular formula is C10H17NO5Si. The van der Waals surface area contributed by atoms with E-state index in [2.05, 4.69) is 6.58 Å². The zero-order chi connectivity index (χ0) is 12.5. The molecule has 96 valence electrons. The molecule has 2 bridgehead atoms. The SMILES string of the molecule is C=C[Si]12OCCN(CCO1)C(C(=O)O)C(C)O2. The Balaban J connectivity index is 2.29. The van der Waals surface area contributed by atoms with Gasteiger partial charge in [0.25, 0.3) is 0 Å². The number of carboxylic acids is 1. The molecule has 7 heteroatoms. The summed E-state index contributed by atoms with van der Waals surface area (Å²) in [6.07, 6.45) is -0.474. The molecule has 3 heterocycles. The minimum atomic E-state index is -2.88. The molecule has 3 fully saturated rings. The zero-order valence-electron chi connectivity index (χ0n) is 9.80. The van der Waals surface area contributed by atoms with Gasteiger partial charge >= 0.3 is 14.8 Å². The second-order valence-corrected chi connectivity index (χ2v) is 6.58. The zero-order valence-corrected chi connectivity index (χ0v) is 10.8. The second-order valence-electron chi connectivity index (χ2n) is 4.15. The molecule has 0 amide bonds. The molecule has 3 rings (SSSR count). The molecular weight excluding hydrogens is 242 g/mol. The maximum absolute atomic E-state index is 11.3. The van der Waals surface area contributed by atoms with Gasteiger partial charge in [0.15, 0.2) is 0 Å². The van der Waals surface area contributed by atoms with Gasteiger partial charge in [-0.2, -0.15) is 0 Å². The van der Waals surface area contributed by atoms with Crippen LogP contribution in [0.4, 0.5) is 0 Å². The van der Waals surface area contributed by atoms with Crippen LogP contribution in [0.2, 0.25) is 0 Å². The lowest BCUT2D eigenvalue weighted by molar-refractivity contribution is -0.152. The van der Waals surface area contributed by atoms with Crippen LogP contribution in [0.3, 0.4) is 0 Å². The number of rotatable bonds is 2. The Morgan fingerprint density at radius 3 is 2.53 bits per heavy atom. The van der Waals surface area contributed by atoms with Gasteiger partial charge in [0.05, 0.1) is 19.3 Å². The minimum Gasteiger partial charge on any atom is -0.480 e. The van der Waals surface area contributed by atoms with Crippen molar-refractivity contribution in [1.29, 1.82) is 0 Å². The van der Waals surface area contributed by atoms with Gasteiger partial charge < -0.3 is 18.4 Å². The van der Waals surface area contributed by atoms with E-state index in [9.17, 15) is 9.90 Å². The van der Waals surface area contributed by atoms with Crippen LogP contribution in [0.1, 0.15) is 6.92 Å². The molecule has 17 heavy (non-hydrogen) atoms. The molecule has 0 aliphatic carbocycles. The van der Waals surface area contributed by atoms with E-state index in [0.29, 0.717) is 26.3 Å². The highest BCUT2D eigenvalue weighted by Gasteiger charge is 2.47. The van der Waals surface area contributed by atoms with E-state index in [0.717, 1.165) is 0 Å². The topological polar surface area (TPSA) is 68.2 Å². The van der Waals surface area contributed by atoms with Gasteiger partial charge in [0.1, 0.15) is 6.04 Å². The van der Waals surface area contributed by atoms with Crippen LogP contribution < -0.4 is 0 Å². The molecule has 3 aliphatic heterocycles. The van der Waals surface area contributed by atoms with Crippen LogP contribution in [0, 0.1) is 0 Å². The first kappa shape index (κ1) is 12.7. The minimum absolute atomic E-state index is 0.411. The Hall–Kier alpha value is -0.733. The fraction of sp³-hybridized carbons (Fsp3) is 0.700. The third-order valence-corrected chi connectivity index (χ3v) is 5.47. The number of fused-ring (bicyclic) bond motifs is 6. The number of carbonyl (C=O) groups is 1. The van der Waals surface area contributed by atoms with Gasteiger partial charge in [-0.15, -0.1) is 0 Å². The maximum Gasteiger partial charge on any atom is 0.529 e. The van der Waals surface area contributed by atoms with Crippen molar-refractivity contribution >= 4 is 14.8 Å². The maximum atomic E-state index is 11.3. The summed E-state index contributed by atoms with van der Waals surface area (Å²) in [6, 6.07) is -0.644. The lowest BCUT2D eigenvalue weighted by atomic mass is 10.1. The van der Waals surface area contributed by atoms with E-state index < -0.39 is 26.9 Å². The molecule has 6 nitrogen and oxygen atoms in total. The van der Waals surface area contributed by atoms with Crippen molar-refractivity contribution in [3.63, 3.8) is 0 Å². The summed E-state index contributed by atoms with van der Waals surface area (Å²) in [5.41, 5.74) is 1.57. The highest BCUT2D eigenvalue weighted by atomic mass is 28.4. The van der Waals surface area contributed by atoms with Gasteiger partial charge in [-0.05, 0) is 12.6 Å². The normalized spacial score (nSPS) is 42.3. The van der Waals surface area contributed by atoms with E-state index in [1.165, 1.54) is 0 Å². The number of hydrogen-bond acceptors (Lipinski definition) is 5. The molecule has 0 spiro atoms. The summed E-state index contributed by atoms with van der Waals surface area (Å²) in [5.74, 6) is -0.867. The van der Waals surface area contributed by atoms with Crippen LogP contribution in [-0.2, 0) is 18.1 Å². The number of aliphatic carboxylic acids is 1. The van der Waals surface area contributed by atoms with Crippen molar-refractivity contribution in [1.82, 2.24) is 4.90 Å². The van der Waals surface area contributed by atoms with Gasteiger partial charge in [0.2, 0.25) is 0 Å². The Morgan fingerprint density at radius 2 is 2.06 bits per heavy atom. The van der Waals surface area contributed by atoms with E-state index >= 15 is 0 Å². The fourth-order valence-electron chi connectivity index (χ4n) is 2.25. The third-order valence-electron chi connectivity index (χ3n) is 3.05. The Bertz CT molecular complexity index is 314. The molecule has 0 aromatic heterocycles. The first-order chi connectivity index (χ1) is 8.08. The van der Waals surface area contributed by atoms with Crippen LogP contribution in [0.25, 0.3) is 0 Å². The Morgan fingerprint density at radius 1 is 1.47 bits per heavy atom. The summed E-state index contributed by atoms with van der Waals surface area (Å²) in [7, 11) is -2.88. The Kier molecular flexibility index (Phi) is 3.64. The second kappa shape index (κ2) is 4.87. The lowest BCUT2D eigenvalue weighted by Crippen LogP contribution is -2.62. The summed E-state index contributed by atoms with van der Waals surface area (Å²) in [6.45, 7) is 7.41. The molecule has 2 unspecified atom stereocenters. The largest absolute Gasteiger partial charge is 0.529 e. The standard InChI is InChI=1S/C10H17NO5Si/c1-3-17-14-6-4-11(5-7-15-17)9(10(12)13)8(2)16-17/h3,8-9H,1,4-7H2,2H3,(H,12,13). The average Bonchev–Trinajstić information content (AvgIpc) is 2.20. The third kappa shape index (κ3) is 2.43. The van der Waals surface area contributed by atoms with Gasteiger partial charge in [0, 0.05) is 13.1 Å². The quantitative estimate of drug-likeness (QED) is 0.697. The summed E-state index contributed by atoms with van der Waals surface area (Å²) in [5, 5.41) is 9.28. The summed E-state index contributed by atoms with van der Waals surface area (Å²) < 4.78 is 17.0. The first-order valence-electron chi connectivity index (χ1n) is 5.64. The first-order valence-corrected chi connectivity index (χ1v) is 7.44. The van der Waals surface area contributed by atoms with Crippen LogP contribution in [0.15, 0.2) is 12.3 Å². The molecule has 0 saturated carbocycles. The van der Waals surface area contributed by atoms with Crippen LogP contribution >= 0.6 is 0 Å². The highest BCUT2D eigenvalue weighted by molar-refractivity contribution is 6.66. The van der Waals surface area contributed by atoms with E-state index in [-0.39, 0.29) is 0 Å². The van der Waals surface area contributed by atoms with Crippen LogP contribution in [0.5, 0.6) is 0 Å². The number of carboxylic acid groups (broad SMARTS) is 1. The molecule has 0 aromatic rings. The predicted molar refractivity (Wildman–Crippen MR) is 61.4 cm³/mol. The molecule has 0 aromatic carbocycles. The molecule has 2 atom stereocenters. The Labute approximate surface area is 101 Å². The van der Waals surface area contributed by atoms with Crippen molar-refractivity contribution in [2.24, 2.45) is 0 Å². The van der Waals surface area contributed by atoms with Crippen molar-refractivity contribution < 1.29 is 23.2 Å². The molecule has 1 N–H and O–H groups in total. The number of nitrogens with zero attached hydrogens (tertiary/aromatic N) is 1. The van der Waals surface area contributed by atoms with E-state index in [4.69, 9.17) is 13.3 Å². The van der Waals surface area contributed by atoms with E-state index in [1.807, 2.05) is 4.90 Å². The molecule has 3 saturated heterocycles. The molecule has 3 aliphatic rings. The van der Waals surface area contributed by atoms with Gasteiger partial charge in [-0.25, -0.2) is 0 Å². The highest BCUT2D eigenvalue weighted by Crippen LogP contribution is 2.23. The monoisotopic (exact) mass is 259 g/mol. The van der Waals surface area contributed by atoms with Crippen molar-refractivity contribution in [3.8, 4) is 0 Å².